The predicted molar refractivity (Wildman–Crippen MR) is 142 cm³/mol. The number of nitrogens with zero attached hydrogens (tertiary/aromatic N) is 3. The first kappa shape index (κ1) is 26.5. The van der Waals surface area contributed by atoms with Gasteiger partial charge < -0.3 is 19.1 Å². The number of carbonyl (C=O) groups excluding carboxylic acids is 2. The molecular weight excluding hydrogens is 469 g/mol. The predicted octanol–water partition coefficient (Wildman–Crippen LogP) is 5.51. The van der Waals surface area contributed by atoms with Gasteiger partial charge >= 0.3 is 0 Å². The highest BCUT2D eigenvalue weighted by Crippen LogP contribution is 2.25. The quantitative estimate of drug-likeness (QED) is 0.365. The van der Waals surface area contributed by atoms with E-state index in [9.17, 15) is 14.0 Å². The first-order chi connectivity index (χ1) is 18.0. The van der Waals surface area contributed by atoms with Crippen LogP contribution < -0.4 is 4.74 Å². The average Bonchev–Trinajstić information content (AvgIpc) is 3.38. The van der Waals surface area contributed by atoms with E-state index < -0.39 is 0 Å². The van der Waals surface area contributed by atoms with Crippen molar-refractivity contribution in [2.45, 2.75) is 58.2 Å². The van der Waals surface area contributed by atoms with Crippen LogP contribution in [-0.2, 0) is 17.9 Å². The van der Waals surface area contributed by atoms with Gasteiger partial charge in [-0.25, -0.2) is 4.39 Å². The molecule has 37 heavy (non-hydrogen) atoms. The lowest BCUT2D eigenvalue weighted by Gasteiger charge is -2.36. The zero-order chi connectivity index (χ0) is 26.2. The van der Waals surface area contributed by atoms with Crippen molar-refractivity contribution < 1.29 is 18.7 Å². The van der Waals surface area contributed by atoms with E-state index in [0.717, 1.165) is 36.9 Å². The van der Waals surface area contributed by atoms with Gasteiger partial charge in [0, 0.05) is 36.6 Å². The van der Waals surface area contributed by atoms with Crippen LogP contribution in [0.4, 0.5) is 4.39 Å². The van der Waals surface area contributed by atoms with Crippen molar-refractivity contribution in [1.82, 2.24) is 14.4 Å². The number of carbonyl (C=O) groups is 2. The van der Waals surface area contributed by atoms with E-state index >= 15 is 0 Å². The summed E-state index contributed by atoms with van der Waals surface area (Å²) in [5.74, 6) is 0.227. The van der Waals surface area contributed by atoms with Crippen LogP contribution in [0.5, 0.6) is 5.75 Å². The second-order valence-corrected chi connectivity index (χ2v) is 9.62. The summed E-state index contributed by atoms with van der Waals surface area (Å²) in [6.45, 7) is 3.46. The summed E-state index contributed by atoms with van der Waals surface area (Å²) in [4.78, 5) is 30.5. The second-order valence-electron chi connectivity index (χ2n) is 9.62. The molecule has 4 rings (SSSR count). The summed E-state index contributed by atoms with van der Waals surface area (Å²) in [7, 11) is 1.59. The molecule has 0 aliphatic heterocycles. The molecule has 3 aromatic rings. The first-order valence-electron chi connectivity index (χ1n) is 13.1. The average molecular weight is 506 g/mol. The number of hydrogen-bond donors (Lipinski definition) is 0. The van der Waals surface area contributed by atoms with E-state index in [4.69, 9.17) is 4.74 Å². The molecule has 0 unspecified atom stereocenters. The Bertz CT molecular complexity index is 1170. The third-order valence-electron chi connectivity index (χ3n) is 7.19. The molecule has 1 saturated carbocycles. The number of amides is 2. The fraction of sp³-hybridized carbons (Fsp3) is 0.400. The molecule has 1 fully saturated rings. The number of methoxy groups -OCH3 is 1. The molecular formula is C30H36FN3O3. The third kappa shape index (κ3) is 6.79. The molecule has 1 aliphatic carbocycles. The number of halogens is 1. The standard InChI is InChI=1S/C30H36FN3O3/c1-3-32(30(36)24-13-17-28(37-2)18-14-24)22-29(35)34(26-8-5-4-6-9-26)21-27-10-7-19-33(27)20-23-11-15-25(31)16-12-23/h7,10-19,26H,3-6,8-9,20-22H2,1-2H3. The van der Waals surface area contributed by atoms with Crippen LogP contribution in [0.1, 0.15) is 60.6 Å². The molecule has 0 atom stereocenters. The van der Waals surface area contributed by atoms with Gasteiger partial charge in [-0.2, -0.15) is 0 Å². The Kier molecular flexibility index (Phi) is 8.99. The summed E-state index contributed by atoms with van der Waals surface area (Å²) >= 11 is 0. The molecule has 6 nitrogen and oxygen atoms in total. The van der Waals surface area contributed by atoms with E-state index in [2.05, 4.69) is 4.57 Å². The minimum atomic E-state index is -0.254. The maximum absolute atomic E-state index is 13.7. The van der Waals surface area contributed by atoms with Crippen molar-refractivity contribution in [2.24, 2.45) is 0 Å². The molecule has 2 amide bonds. The minimum Gasteiger partial charge on any atom is -0.497 e. The van der Waals surface area contributed by atoms with Gasteiger partial charge in [0.1, 0.15) is 18.1 Å². The van der Waals surface area contributed by atoms with Crippen LogP contribution in [-0.4, -0.2) is 52.4 Å². The number of benzene rings is 2. The summed E-state index contributed by atoms with van der Waals surface area (Å²) in [5.41, 5.74) is 2.55. The minimum absolute atomic E-state index is 0.0369. The highest BCUT2D eigenvalue weighted by atomic mass is 19.1. The molecule has 0 spiro atoms. The normalized spacial score (nSPS) is 13.8. The molecule has 7 heteroatoms. The molecule has 0 N–H and O–H groups in total. The highest BCUT2D eigenvalue weighted by molar-refractivity contribution is 5.96. The van der Waals surface area contributed by atoms with Gasteiger partial charge in [-0.1, -0.05) is 31.4 Å². The number of rotatable bonds is 10. The SMILES string of the molecule is CCN(CC(=O)N(Cc1cccn1Cc1ccc(F)cc1)C1CCCCC1)C(=O)c1ccc(OC)cc1. The van der Waals surface area contributed by atoms with Crippen molar-refractivity contribution in [3.8, 4) is 5.75 Å². The molecule has 0 radical (unpaired) electrons. The van der Waals surface area contributed by atoms with Gasteiger partial charge in [0.2, 0.25) is 5.91 Å². The van der Waals surface area contributed by atoms with E-state index in [1.54, 1.807) is 48.4 Å². The van der Waals surface area contributed by atoms with Gasteiger partial charge in [0.05, 0.1) is 13.7 Å². The van der Waals surface area contributed by atoms with E-state index in [1.165, 1.54) is 18.6 Å². The van der Waals surface area contributed by atoms with Gasteiger partial charge in [0.25, 0.3) is 5.91 Å². The number of likely N-dealkylation sites (N-methyl/N-ethyl adjacent to an activating group) is 1. The number of hydrogen-bond acceptors (Lipinski definition) is 3. The smallest absolute Gasteiger partial charge is 0.254 e. The molecule has 2 aromatic carbocycles. The lowest BCUT2D eigenvalue weighted by Crippen LogP contribution is -2.47. The van der Waals surface area contributed by atoms with Crippen LogP contribution >= 0.6 is 0 Å². The van der Waals surface area contributed by atoms with Crippen molar-refractivity contribution >= 4 is 11.8 Å². The zero-order valence-corrected chi connectivity index (χ0v) is 21.7. The molecule has 1 heterocycles. The summed E-state index contributed by atoms with van der Waals surface area (Å²) < 4.78 is 20.7. The van der Waals surface area contributed by atoms with E-state index in [-0.39, 0.29) is 30.2 Å². The van der Waals surface area contributed by atoms with Gasteiger partial charge in [-0.3, -0.25) is 9.59 Å². The Morgan fingerprint density at radius 3 is 2.35 bits per heavy atom. The fourth-order valence-corrected chi connectivity index (χ4v) is 5.02. The highest BCUT2D eigenvalue weighted by Gasteiger charge is 2.28. The van der Waals surface area contributed by atoms with E-state index in [1.807, 2.05) is 30.2 Å². The Morgan fingerprint density at radius 2 is 1.70 bits per heavy atom. The van der Waals surface area contributed by atoms with Crippen molar-refractivity contribution in [2.75, 3.05) is 20.2 Å². The monoisotopic (exact) mass is 505 g/mol. The maximum atomic E-state index is 13.7. The lowest BCUT2D eigenvalue weighted by atomic mass is 9.94. The number of ether oxygens (including phenoxy) is 1. The first-order valence-corrected chi connectivity index (χ1v) is 13.1. The van der Waals surface area contributed by atoms with Crippen molar-refractivity contribution in [1.29, 1.82) is 0 Å². The molecule has 0 bridgehead atoms. The number of aromatic nitrogens is 1. The van der Waals surface area contributed by atoms with Gasteiger partial charge in [0.15, 0.2) is 0 Å². The summed E-state index contributed by atoms with van der Waals surface area (Å²) in [6.07, 6.45) is 7.34. The van der Waals surface area contributed by atoms with Gasteiger partial charge in [-0.15, -0.1) is 0 Å². The van der Waals surface area contributed by atoms with Crippen LogP contribution in [0.15, 0.2) is 66.9 Å². The molecule has 0 saturated heterocycles. The molecule has 1 aromatic heterocycles. The second kappa shape index (κ2) is 12.6. The topological polar surface area (TPSA) is 54.8 Å². The van der Waals surface area contributed by atoms with Gasteiger partial charge in [-0.05, 0) is 73.9 Å². The Hall–Kier alpha value is -3.61. The Labute approximate surface area is 218 Å². The van der Waals surface area contributed by atoms with Crippen LogP contribution in [0, 0.1) is 5.82 Å². The third-order valence-corrected chi connectivity index (χ3v) is 7.19. The summed E-state index contributed by atoms with van der Waals surface area (Å²) in [5, 5.41) is 0. The zero-order valence-electron chi connectivity index (χ0n) is 21.7. The Morgan fingerprint density at radius 1 is 1.00 bits per heavy atom. The largest absolute Gasteiger partial charge is 0.497 e. The van der Waals surface area contributed by atoms with Crippen LogP contribution in [0.2, 0.25) is 0 Å². The van der Waals surface area contributed by atoms with Crippen LogP contribution in [0.3, 0.4) is 0 Å². The van der Waals surface area contributed by atoms with Crippen molar-refractivity contribution in [3.05, 3.63) is 89.5 Å². The summed E-state index contributed by atoms with van der Waals surface area (Å²) in [6, 6.07) is 17.7. The fourth-order valence-electron chi connectivity index (χ4n) is 5.02. The van der Waals surface area contributed by atoms with Crippen LogP contribution in [0.25, 0.3) is 0 Å². The molecule has 196 valence electrons. The Balaban J connectivity index is 1.51. The van der Waals surface area contributed by atoms with Crippen molar-refractivity contribution in [3.63, 3.8) is 0 Å². The lowest BCUT2D eigenvalue weighted by molar-refractivity contribution is -0.135. The maximum Gasteiger partial charge on any atom is 0.254 e. The molecule has 1 aliphatic rings. The van der Waals surface area contributed by atoms with E-state index in [0.29, 0.717) is 30.9 Å².